The Balaban J connectivity index is 1.22. The van der Waals surface area contributed by atoms with Crippen molar-refractivity contribution >= 4 is 49.1 Å². The van der Waals surface area contributed by atoms with Crippen LogP contribution in [-0.4, -0.2) is 25.5 Å². The number of halogens is 3. The predicted octanol–water partition coefficient (Wildman–Crippen LogP) is 6.65. The zero-order valence-electron chi connectivity index (χ0n) is 21.2. The SMILES string of the molecule is CCn1c2ccccc2c2cc(NC(=O)COc3ccc(S(=O)(=O)Nc4cccc(C(F)(F)F)c4)cc3)ccc21. The number of carbonyl (C=O) groups is 1. The number of ether oxygens (including phenoxy) is 1. The fourth-order valence-electron chi connectivity index (χ4n) is 4.51. The van der Waals surface area contributed by atoms with E-state index in [0.29, 0.717) is 11.8 Å². The molecule has 0 atom stereocenters. The van der Waals surface area contributed by atoms with Gasteiger partial charge in [-0.05, 0) is 73.7 Å². The molecule has 5 rings (SSSR count). The molecule has 11 heteroatoms. The molecular formula is C29H24F3N3O4S. The Labute approximate surface area is 228 Å². The summed E-state index contributed by atoms with van der Waals surface area (Å²) in [5.41, 5.74) is 1.60. The second-order valence-electron chi connectivity index (χ2n) is 8.99. The van der Waals surface area contributed by atoms with Gasteiger partial charge in [0.1, 0.15) is 5.75 Å². The number of amides is 1. The number of carbonyl (C=O) groups excluding carboxylic acids is 1. The van der Waals surface area contributed by atoms with Gasteiger partial charge in [0.05, 0.1) is 10.5 Å². The van der Waals surface area contributed by atoms with Crippen LogP contribution in [0.25, 0.3) is 21.8 Å². The maximum absolute atomic E-state index is 12.9. The van der Waals surface area contributed by atoms with Gasteiger partial charge in [0, 0.05) is 39.7 Å². The third-order valence-corrected chi connectivity index (χ3v) is 7.72. The van der Waals surface area contributed by atoms with Crippen LogP contribution in [0, 0.1) is 0 Å². The van der Waals surface area contributed by atoms with Crippen LogP contribution in [0.2, 0.25) is 0 Å². The molecule has 7 nitrogen and oxygen atoms in total. The van der Waals surface area contributed by atoms with E-state index in [-0.39, 0.29) is 22.9 Å². The number of fused-ring (bicyclic) bond motifs is 3. The lowest BCUT2D eigenvalue weighted by molar-refractivity contribution is -0.137. The normalized spacial score (nSPS) is 12.0. The molecule has 0 saturated heterocycles. The lowest BCUT2D eigenvalue weighted by Crippen LogP contribution is -2.20. The second-order valence-corrected chi connectivity index (χ2v) is 10.7. The highest BCUT2D eigenvalue weighted by Gasteiger charge is 2.30. The molecule has 0 radical (unpaired) electrons. The summed E-state index contributed by atoms with van der Waals surface area (Å²) in [5.74, 6) is -0.156. The van der Waals surface area contributed by atoms with Gasteiger partial charge in [-0.2, -0.15) is 13.2 Å². The number of hydrogen-bond acceptors (Lipinski definition) is 4. The van der Waals surface area contributed by atoms with Crippen molar-refractivity contribution in [2.75, 3.05) is 16.6 Å². The van der Waals surface area contributed by atoms with Crippen LogP contribution in [-0.2, 0) is 27.5 Å². The molecule has 40 heavy (non-hydrogen) atoms. The number of hydrogen-bond donors (Lipinski definition) is 2. The molecule has 0 aliphatic carbocycles. The molecule has 0 fully saturated rings. The van der Waals surface area contributed by atoms with Crippen molar-refractivity contribution in [2.24, 2.45) is 0 Å². The van der Waals surface area contributed by atoms with Gasteiger partial charge in [0.25, 0.3) is 15.9 Å². The third kappa shape index (κ3) is 5.59. The number of alkyl halides is 3. The minimum absolute atomic E-state index is 0.179. The molecule has 0 aliphatic heterocycles. The largest absolute Gasteiger partial charge is 0.484 e. The highest BCUT2D eigenvalue weighted by atomic mass is 32.2. The van der Waals surface area contributed by atoms with Crippen molar-refractivity contribution in [3.63, 3.8) is 0 Å². The van der Waals surface area contributed by atoms with E-state index in [1.54, 1.807) is 0 Å². The molecule has 0 spiro atoms. The molecule has 1 aromatic heterocycles. The van der Waals surface area contributed by atoms with Crippen molar-refractivity contribution < 1.29 is 31.1 Å². The molecule has 0 unspecified atom stereocenters. The van der Waals surface area contributed by atoms with E-state index >= 15 is 0 Å². The van der Waals surface area contributed by atoms with E-state index in [2.05, 4.69) is 27.6 Å². The molecule has 0 saturated carbocycles. The first kappa shape index (κ1) is 27.1. The number of nitrogens with zero attached hydrogens (tertiary/aromatic N) is 1. The Kier molecular flexibility index (Phi) is 7.16. The minimum Gasteiger partial charge on any atom is -0.484 e. The number of rotatable bonds is 8. The van der Waals surface area contributed by atoms with E-state index in [1.807, 2.05) is 36.4 Å². The molecule has 1 amide bonds. The van der Waals surface area contributed by atoms with Crippen molar-refractivity contribution in [1.29, 1.82) is 0 Å². The molecule has 0 bridgehead atoms. The Morgan fingerprint density at radius 2 is 1.57 bits per heavy atom. The van der Waals surface area contributed by atoms with Gasteiger partial charge in [-0.15, -0.1) is 0 Å². The van der Waals surface area contributed by atoms with E-state index in [4.69, 9.17) is 4.74 Å². The number of anilines is 2. The topological polar surface area (TPSA) is 89.4 Å². The summed E-state index contributed by atoms with van der Waals surface area (Å²) in [4.78, 5) is 12.4. The Morgan fingerprint density at radius 1 is 0.850 bits per heavy atom. The smallest absolute Gasteiger partial charge is 0.416 e. The van der Waals surface area contributed by atoms with Gasteiger partial charge in [0.15, 0.2) is 6.61 Å². The molecule has 0 aliphatic rings. The van der Waals surface area contributed by atoms with E-state index in [1.165, 1.54) is 30.3 Å². The first-order valence-electron chi connectivity index (χ1n) is 12.3. The van der Waals surface area contributed by atoms with Gasteiger partial charge in [-0.25, -0.2) is 8.42 Å². The van der Waals surface area contributed by atoms with Crippen molar-refractivity contribution in [2.45, 2.75) is 24.5 Å². The summed E-state index contributed by atoms with van der Waals surface area (Å²) < 4.78 is 73.9. The fraction of sp³-hybridized carbons (Fsp3) is 0.138. The number of sulfonamides is 1. The summed E-state index contributed by atoms with van der Waals surface area (Å²) >= 11 is 0. The van der Waals surface area contributed by atoms with Gasteiger partial charge in [0.2, 0.25) is 0 Å². The van der Waals surface area contributed by atoms with Crippen LogP contribution >= 0.6 is 0 Å². The maximum atomic E-state index is 12.9. The number of aryl methyl sites for hydroxylation is 1. The Hall–Kier alpha value is -4.51. The van der Waals surface area contributed by atoms with E-state index in [9.17, 15) is 26.4 Å². The van der Waals surface area contributed by atoms with Crippen LogP contribution in [0.15, 0.2) is 95.9 Å². The number of nitrogens with one attached hydrogen (secondary N) is 2. The Morgan fingerprint density at radius 3 is 2.30 bits per heavy atom. The van der Waals surface area contributed by atoms with Crippen molar-refractivity contribution in [3.8, 4) is 5.75 Å². The number of benzene rings is 4. The van der Waals surface area contributed by atoms with Gasteiger partial charge in [-0.1, -0.05) is 24.3 Å². The summed E-state index contributed by atoms with van der Waals surface area (Å²) in [7, 11) is -4.15. The van der Waals surface area contributed by atoms with Gasteiger partial charge >= 0.3 is 6.18 Å². The first-order valence-corrected chi connectivity index (χ1v) is 13.8. The standard InChI is InChI=1S/C29H24F3N3O4S/c1-2-35-26-9-4-3-8-24(26)25-17-20(10-15-27(25)35)33-28(36)18-39-22-11-13-23(14-12-22)40(37,38)34-21-7-5-6-19(16-21)29(30,31)32/h3-17,34H,2,18H2,1H3,(H,33,36). The monoisotopic (exact) mass is 567 g/mol. The van der Waals surface area contributed by atoms with Crippen LogP contribution in [0.1, 0.15) is 12.5 Å². The molecule has 2 N–H and O–H groups in total. The summed E-state index contributed by atoms with van der Waals surface area (Å²) in [5, 5.41) is 4.92. The minimum atomic E-state index is -4.60. The third-order valence-electron chi connectivity index (χ3n) is 6.32. The van der Waals surface area contributed by atoms with Crippen molar-refractivity contribution in [1.82, 2.24) is 4.57 Å². The summed E-state index contributed by atoms with van der Waals surface area (Å²) in [6.07, 6.45) is -4.60. The maximum Gasteiger partial charge on any atom is 0.416 e. The second kappa shape index (κ2) is 10.6. The molecule has 4 aromatic carbocycles. The summed E-state index contributed by atoms with van der Waals surface area (Å²) in [6, 6.07) is 22.9. The number of aromatic nitrogens is 1. The lowest BCUT2D eigenvalue weighted by atomic mass is 10.1. The lowest BCUT2D eigenvalue weighted by Gasteiger charge is -2.12. The van der Waals surface area contributed by atoms with Gasteiger partial charge < -0.3 is 14.6 Å². The average molecular weight is 568 g/mol. The fourth-order valence-corrected chi connectivity index (χ4v) is 5.56. The number of para-hydroxylation sites is 1. The first-order chi connectivity index (χ1) is 19.0. The molecule has 206 valence electrons. The van der Waals surface area contributed by atoms with Gasteiger partial charge in [-0.3, -0.25) is 9.52 Å². The highest BCUT2D eigenvalue weighted by molar-refractivity contribution is 7.92. The summed E-state index contributed by atoms with van der Waals surface area (Å²) in [6.45, 7) is 2.57. The molecule has 1 heterocycles. The molecule has 5 aromatic rings. The van der Waals surface area contributed by atoms with Crippen LogP contribution < -0.4 is 14.8 Å². The van der Waals surface area contributed by atoms with Crippen molar-refractivity contribution in [3.05, 3.63) is 96.6 Å². The van der Waals surface area contributed by atoms with E-state index < -0.39 is 27.7 Å². The quantitative estimate of drug-likeness (QED) is 0.220. The molecular weight excluding hydrogens is 543 g/mol. The zero-order valence-corrected chi connectivity index (χ0v) is 22.0. The average Bonchev–Trinajstić information content (AvgIpc) is 3.24. The predicted molar refractivity (Wildman–Crippen MR) is 148 cm³/mol. The Bertz CT molecular complexity index is 1810. The highest BCUT2D eigenvalue weighted by Crippen LogP contribution is 2.32. The van der Waals surface area contributed by atoms with Crippen LogP contribution in [0.3, 0.4) is 0 Å². The van der Waals surface area contributed by atoms with E-state index in [0.717, 1.165) is 40.5 Å². The van der Waals surface area contributed by atoms with Crippen LogP contribution in [0.4, 0.5) is 24.5 Å². The zero-order chi connectivity index (χ0) is 28.5. The van der Waals surface area contributed by atoms with Crippen LogP contribution in [0.5, 0.6) is 5.75 Å².